The van der Waals surface area contributed by atoms with Gasteiger partial charge in [-0.3, -0.25) is 9.59 Å². The lowest BCUT2D eigenvalue weighted by molar-refractivity contribution is -0.188. The van der Waals surface area contributed by atoms with Crippen molar-refractivity contribution in [2.24, 2.45) is 5.92 Å². The molecule has 6 rings (SSSR count). The summed E-state index contributed by atoms with van der Waals surface area (Å²) >= 11 is 1.65. The first kappa shape index (κ1) is 25.6. The second kappa shape index (κ2) is 10.8. The molecular formula is C30H33FN2O4S. The molecule has 4 aliphatic rings. The Bertz CT molecular complexity index is 1190. The van der Waals surface area contributed by atoms with Gasteiger partial charge in [-0.15, -0.1) is 11.8 Å². The fourth-order valence-electron chi connectivity index (χ4n) is 6.20. The molecule has 3 heterocycles. The van der Waals surface area contributed by atoms with E-state index in [1.165, 1.54) is 12.1 Å². The Kier molecular flexibility index (Phi) is 7.29. The van der Waals surface area contributed by atoms with Gasteiger partial charge in [-0.2, -0.15) is 0 Å². The van der Waals surface area contributed by atoms with E-state index in [-0.39, 0.29) is 34.8 Å². The number of benzene rings is 2. The SMILES string of the molecule is O=C(C1CCC2S/C(=C\c3ccccc3)C(=O)N(Cc3ccc(F)cc3)C2C1)N1CCC2(CC1)OCCO2. The molecule has 38 heavy (non-hydrogen) atoms. The van der Waals surface area contributed by atoms with E-state index in [0.717, 1.165) is 28.9 Å². The molecule has 1 spiro atoms. The lowest BCUT2D eigenvalue weighted by atomic mass is 9.82. The molecule has 1 saturated carbocycles. The van der Waals surface area contributed by atoms with Crippen LogP contribution in [-0.2, 0) is 25.6 Å². The molecule has 8 heteroatoms. The van der Waals surface area contributed by atoms with Crippen LogP contribution in [0.5, 0.6) is 0 Å². The molecule has 2 aromatic rings. The molecule has 3 aliphatic heterocycles. The van der Waals surface area contributed by atoms with E-state index in [4.69, 9.17) is 9.47 Å². The third kappa shape index (κ3) is 5.26. The third-order valence-electron chi connectivity index (χ3n) is 8.27. The van der Waals surface area contributed by atoms with Gasteiger partial charge in [0.2, 0.25) is 5.91 Å². The number of ether oxygens (including phenoxy) is 2. The summed E-state index contributed by atoms with van der Waals surface area (Å²) in [4.78, 5) is 32.0. The van der Waals surface area contributed by atoms with Crippen LogP contribution in [0.3, 0.4) is 0 Å². The predicted molar refractivity (Wildman–Crippen MR) is 144 cm³/mol. The van der Waals surface area contributed by atoms with E-state index in [2.05, 4.69) is 0 Å². The number of rotatable bonds is 4. The molecule has 0 radical (unpaired) electrons. The van der Waals surface area contributed by atoms with Crippen molar-refractivity contribution in [2.75, 3.05) is 26.3 Å². The minimum absolute atomic E-state index is 0.0204. The van der Waals surface area contributed by atoms with Crippen molar-refractivity contribution in [1.82, 2.24) is 9.80 Å². The number of fused-ring (bicyclic) bond motifs is 1. The molecule has 1 aliphatic carbocycles. The molecule has 0 N–H and O–H groups in total. The van der Waals surface area contributed by atoms with Gasteiger partial charge in [0.1, 0.15) is 5.82 Å². The average molecular weight is 537 g/mol. The van der Waals surface area contributed by atoms with Crippen LogP contribution >= 0.6 is 11.8 Å². The number of nitrogens with zero attached hydrogens (tertiary/aromatic N) is 2. The van der Waals surface area contributed by atoms with Crippen LogP contribution in [0, 0.1) is 11.7 Å². The Hall–Kier alpha value is -2.68. The van der Waals surface area contributed by atoms with Crippen LogP contribution in [0.2, 0.25) is 0 Å². The summed E-state index contributed by atoms with van der Waals surface area (Å²) in [5, 5.41) is 0.220. The highest BCUT2D eigenvalue weighted by molar-refractivity contribution is 8.04. The molecule has 2 amide bonds. The number of thioether (sulfide) groups is 1. The Morgan fingerprint density at radius 1 is 1.03 bits per heavy atom. The van der Waals surface area contributed by atoms with Crippen molar-refractivity contribution in [3.63, 3.8) is 0 Å². The van der Waals surface area contributed by atoms with E-state index in [0.29, 0.717) is 52.1 Å². The molecule has 0 aromatic heterocycles. The van der Waals surface area contributed by atoms with Gasteiger partial charge >= 0.3 is 0 Å². The minimum atomic E-state index is -0.506. The maximum absolute atomic E-state index is 13.8. The molecule has 3 saturated heterocycles. The van der Waals surface area contributed by atoms with Crippen molar-refractivity contribution in [1.29, 1.82) is 0 Å². The van der Waals surface area contributed by atoms with E-state index in [1.807, 2.05) is 46.2 Å². The first-order valence-corrected chi connectivity index (χ1v) is 14.4. The Morgan fingerprint density at radius 2 is 1.74 bits per heavy atom. The van der Waals surface area contributed by atoms with Crippen LogP contribution in [0.4, 0.5) is 4.39 Å². The highest BCUT2D eigenvalue weighted by atomic mass is 32.2. The maximum atomic E-state index is 13.8. The zero-order valence-corrected chi connectivity index (χ0v) is 22.2. The predicted octanol–water partition coefficient (Wildman–Crippen LogP) is 4.85. The van der Waals surface area contributed by atoms with Gasteiger partial charge < -0.3 is 19.3 Å². The standard InChI is InChI=1S/C30H33FN2O4S/c31-24-9-6-22(7-10-24)20-33-25-19-23(28(34)32-14-12-30(13-15-32)36-16-17-37-30)8-11-26(25)38-27(29(33)35)18-21-4-2-1-3-5-21/h1-7,9-10,18,23,25-26H,8,11-17,19-20H2/b27-18-. The van der Waals surface area contributed by atoms with Crippen LogP contribution < -0.4 is 0 Å². The summed E-state index contributed by atoms with van der Waals surface area (Å²) in [5.41, 5.74) is 1.88. The van der Waals surface area contributed by atoms with E-state index >= 15 is 0 Å². The van der Waals surface area contributed by atoms with E-state index < -0.39 is 5.79 Å². The van der Waals surface area contributed by atoms with Gasteiger partial charge in [0.05, 0.1) is 18.1 Å². The van der Waals surface area contributed by atoms with Crippen LogP contribution in [0.1, 0.15) is 43.2 Å². The molecule has 6 nitrogen and oxygen atoms in total. The number of likely N-dealkylation sites (tertiary alicyclic amines) is 1. The van der Waals surface area contributed by atoms with Gasteiger partial charge in [-0.05, 0) is 48.6 Å². The second-order valence-electron chi connectivity index (χ2n) is 10.6. The lowest BCUT2D eigenvalue weighted by Crippen LogP contribution is -2.55. The molecule has 3 atom stereocenters. The number of carbonyl (C=O) groups excluding carboxylic acids is 2. The van der Waals surface area contributed by atoms with Crippen LogP contribution in [0.25, 0.3) is 6.08 Å². The zero-order chi connectivity index (χ0) is 26.1. The van der Waals surface area contributed by atoms with Gasteiger partial charge in [-0.25, -0.2) is 4.39 Å². The smallest absolute Gasteiger partial charge is 0.260 e. The maximum Gasteiger partial charge on any atom is 0.260 e. The van der Waals surface area contributed by atoms with Crippen molar-refractivity contribution >= 4 is 29.7 Å². The highest BCUT2D eigenvalue weighted by Gasteiger charge is 2.46. The van der Waals surface area contributed by atoms with E-state index in [9.17, 15) is 14.0 Å². The normalized spacial score (nSPS) is 28.1. The molecule has 4 fully saturated rings. The first-order valence-electron chi connectivity index (χ1n) is 13.6. The molecule has 3 unspecified atom stereocenters. The third-order valence-corrected chi connectivity index (χ3v) is 9.67. The number of hydrogen-bond donors (Lipinski definition) is 0. The molecule has 200 valence electrons. The van der Waals surface area contributed by atoms with Crippen molar-refractivity contribution < 1.29 is 23.5 Å². The summed E-state index contributed by atoms with van der Waals surface area (Å²) in [5.74, 6) is -0.751. The number of piperidine rings is 1. The summed E-state index contributed by atoms with van der Waals surface area (Å²) in [6, 6.07) is 16.2. The largest absolute Gasteiger partial charge is 0.347 e. The Morgan fingerprint density at radius 3 is 2.45 bits per heavy atom. The molecule has 0 bridgehead atoms. The topological polar surface area (TPSA) is 59.1 Å². The quantitative estimate of drug-likeness (QED) is 0.523. The Balaban J connectivity index is 1.20. The zero-order valence-electron chi connectivity index (χ0n) is 21.4. The van der Waals surface area contributed by atoms with Gasteiger partial charge in [0, 0.05) is 49.7 Å². The second-order valence-corrected chi connectivity index (χ2v) is 11.9. The Labute approximate surface area is 227 Å². The summed E-state index contributed by atoms with van der Waals surface area (Å²) in [6.45, 7) is 2.92. The minimum Gasteiger partial charge on any atom is -0.347 e. The summed E-state index contributed by atoms with van der Waals surface area (Å²) in [6.07, 6.45) is 5.71. The number of carbonyl (C=O) groups is 2. The number of halogens is 1. The van der Waals surface area contributed by atoms with Gasteiger partial charge in [0.15, 0.2) is 5.79 Å². The average Bonchev–Trinajstić information content (AvgIpc) is 3.40. The lowest BCUT2D eigenvalue weighted by Gasteiger charge is -2.47. The molecular weight excluding hydrogens is 503 g/mol. The number of hydrogen-bond acceptors (Lipinski definition) is 5. The highest BCUT2D eigenvalue weighted by Crippen LogP contribution is 2.45. The van der Waals surface area contributed by atoms with Gasteiger partial charge in [-0.1, -0.05) is 42.5 Å². The van der Waals surface area contributed by atoms with Crippen LogP contribution in [-0.4, -0.2) is 65.0 Å². The summed E-state index contributed by atoms with van der Waals surface area (Å²) < 4.78 is 25.2. The van der Waals surface area contributed by atoms with Crippen molar-refractivity contribution in [3.8, 4) is 0 Å². The fourth-order valence-corrected chi connectivity index (χ4v) is 7.62. The summed E-state index contributed by atoms with van der Waals surface area (Å²) in [7, 11) is 0. The van der Waals surface area contributed by atoms with E-state index in [1.54, 1.807) is 23.9 Å². The van der Waals surface area contributed by atoms with Crippen LogP contribution in [0.15, 0.2) is 59.5 Å². The first-order chi connectivity index (χ1) is 18.5. The van der Waals surface area contributed by atoms with Crippen molar-refractivity contribution in [3.05, 3.63) is 76.4 Å². The van der Waals surface area contributed by atoms with Crippen molar-refractivity contribution in [2.45, 2.75) is 55.7 Å². The number of amides is 2. The molecule has 2 aromatic carbocycles. The monoisotopic (exact) mass is 536 g/mol. The fraction of sp³-hybridized carbons (Fsp3) is 0.467. The van der Waals surface area contributed by atoms with Gasteiger partial charge in [0.25, 0.3) is 5.91 Å².